The summed E-state index contributed by atoms with van der Waals surface area (Å²) in [4.78, 5) is 21.1. The number of hydrogen-bond acceptors (Lipinski definition) is 2. The molecule has 0 unspecified atom stereocenters. The molecule has 0 N–H and O–H groups in total. The molecule has 2 rings (SSSR count). The third kappa shape index (κ3) is 5.30. The number of Topliss-reactive ketones (excluding diaryl/α,β-unsaturated/α-hetero) is 1. The van der Waals surface area contributed by atoms with Gasteiger partial charge in [-0.05, 0) is 6.92 Å². The summed E-state index contributed by atoms with van der Waals surface area (Å²) in [6.45, 7) is 3.86. The minimum absolute atomic E-state index is 0.209. The van der Waals surface area contributed by atoms with E-state index >= 15 is 0 Å². The van der Waals surface area contributed by atoms with Gasteiger partial charge in [-0.3, -0.25) is 9.59 Å². The van der Waals surface area contributed by atoms with Crippen molar-refractivity contribution in [2.45, 2.75) is 20.3 Å². The van der Waals surface area contributed by atoms with E-state index in [-0.39, 0.29) is 5.78 Å². The summed E-state index contributed by atoms with van der Waals surface area (Å²) in [5, 5.41) is 0. The third-order valence-electron chi connectivity index (χ3n) is 2.63. The summed E-state index contributed by atoms with van der Waals surface area (Å²) in [6.07, 6.45) is 1.43. The average Bonchev–Trinajstić information content (AvgIpc) is 2.49. The van der Waals surface area contributed by atoms with E-state index in [1.165, 1.54) is 5.56 Å². The van der Waals surface area contributed by atoms with Crippen LogP contribution in [0.3, 0.4) is 0 Å². The first kappa shape index (κ1) is 14.8. The Hall–Kier alpha value is -2.22. The summed E-state index contributed by atoms with van der Waals surface area (Å²) in [7, 11) is 0. The van der Waals surface area contributed by atoms with Crippen molar-refractivity contribution < 1.29 is 9.59 Å². The highest BCUT2D eigenvalue weighted by Crippen LogP contribution is 2.01. The van der Waals surface area contributed by atoms with Gasteiger partial charge in [0.05, 0.1) is 0 Å². The number of aryl methyl sites for hydroxylation is 1. The Morgan fingerprint density at radius 2 is 1.58 bits per heavy atom. The second-order valence-electron chi connectivity index (χ2n) is 4.17. The van der Waals surface area contributed by atoms with E-state index in [4.69, 9.17) is 0 Å². The molecule has 0 heterocycles. The molecule has 0 radical (unpaired) electrons. The van der Waals surface area contributed by atoms with E-state index in [9.17, 15) is 9.59 Å². The Balaban J connectivity index is 0.000000191. The van der Waals surface area contributed by atoms with Crippen LogP contribution >= 0.6 is 0 Å². The maximum atomic E-state index is 11.0. The molecular formula is C17H18O2. The lowest BCUT2D eigenvalue weighted by Crippen LogP contribution is -1.94. The Bertz CT molecular complexity index is 513. The Morgan fingerprint density at radius 3 is 2.05 bits per heavy atom. The molecule has 0 aromatic heterocycles. The molecule has 2 heteroatoms. The maximum Gasteiger partial charge on any atom is 0.162 e. The van der Waals surface area contributed by atoms with Gasteiger partial charge in [-0.15, -0.1) is 0 Å². The number of aldehydes is 1. The van der Waals surface area contributed by atoms with E-state index in [2.05, 4.69) is 0 Å². The molecule has 0 aliphatic carbocycles. The summed E-state index contributed by atoms with van der Waals surface area (Å²) < 4.78 is 0. The van der Waals surface area contributed by atoms with Crippen LogP contribution in [0.2, 0.25) is 0 Å². The zero-order chi connectivity index (χ0) is 14.1. The van der Waals surface area contributed by atoms with E-state index in [1.54, 1.807) is 0 Å². The highest BCUT2D eigenvalue weighted by Gasteiger charge is 1.98. The predicted octanol–water partition coefficient (Wildman–Crippen LogP) is 4.09. The third-order valence-corrected chi connectivity index (χ3v) is 2.63. The number of carbonyl (C=O) groups excluding carboxylic acids is 2. The number of hydrogen-bond donors (Lipinski definition) is 0. The Kier molecular flexibility index (Phi) is 6.23. The summed E-state index contributed by atoms with van der Waals surface area (Å²) >= 11 is 0. The largest absolute Gasteiger partial charge is 0.298 e. The van der Waals surface area contributed by atoms with Gasteiger partial charge in [-0.1, -0.05) is 67.1 Å². The Labute approximate surface area is 114 Å². The fraction of sp³-hybridized carbons (Fsp3) is 0.176. The lowest BCUT2D eigenvalue weighted by Gasteiger charge is -1.93. The molecular weight excluding hydrogens is 236 g/mol. The quantitative estimate of drug-likeness (QED) is 0.610. The molecule has 0 aliphatic rings. The van der Waals surface area contributed by atoms with Gasteiger partial charge in [-0.25, -0.2) is 0 Å². The predicted molar refractivity (Wildman–Crippen MR) is 77.6 cm³/mol. The van der Waals surface area contributed by atoms with Crippen LogP contribution in [0.15, 0.2) is 54.6 Å². The summed E-state index contributed by atoms with van der Waals surface area (Å²) in [6, 6.07) is 16.8. The molecule has 2 aromatic carbocycles. The van der Waals surface area contributed by atoms with Gasteiger partial charge in [0.1, 0.15) is 6.29 Å². The number of rotatable bonds is 3. The Morgan fingerprint density at radius 1 is 1.00 bits per heavy atom. The van der Waals surface area contributed by atoms with Crippen LogP contribution < -0.4 is 0 Å². The van der Waals surface area contributed by atoms with Crippen molar-refractivity contribution >= 4 is 12.1 Å². The molecule has 0 spiro atoms. The fourth-order valence-corrected chi connectivity index (χ4v) is 1.47. The van der Waals surface area contributed by atoms with Crippen molar-refractivity contribution in [3.05, 3.63) is 71.3 Å². The van der Waals surface area contributed by atoms with Crippen LogP contribution in [0.1, 0.15) is 39.6 Å². The first-order valence-corrected chi connectivity index (χ1v) is 6.27. The van der Waals surface area contributed by atoms with Crippen LogP contribution in [0.5, 0.6) is 0 Å². The smallest absolute Gasteiger partial charge is 0.162 e. The van der Waals surface area contributed by atoms with E-state index in [0.717, 1.165) is 17.4 Å². The van der Waals surface area contributed by atoms with Crippen molar-refractivity contribution in [1.82, 2.24) is 0 Å². The first-order valence-electron chi connectivity index (χ1n) is 6.27. The zero-order valence-electron chi connectivity index (χ0n) is 11.3. The second kappa shape index (κ2) is 7.98. The van der Waals surface area contributed by atoms with Crippen LogP contribution in [0.4, 0.5) is 0 Å². The highest BCUT2D eigenvalue weighted by molar-refractivity contribution is 5.95. The number of ketones is 1. The van der Waals surface area contributed by atoms with E-state index in [0.29, 0.717) is 6.42 Å². The molecule has 0 saturated heterocycles. The molecule has 19 heavy (non-hydrogen) atoms. The standard InChI is InChI=1S/C9H10O.C8H8O/c1-2-9(10)8-6-4-3-5-7-8;1-7-2-4-8(6-9)5-3-7/h3-7H,2H2,1H3;2-6H,1H3. The lowest BCUT2D eigenvalue weighted by atomic mass is 10.1. The topological polar surface area (TPSA) is 34.1 Å². The van der Waals surface area contributed by atoms with Crippen molar-refractivity contribution in [2.24, 2.45) is 0 Å². The number of benzene rings is 2. The van der Waals surface area contributed by atoms with Crippen LogP contribution in [-0.2, 0) is 0 Å². The molecule has 2 nitrogen and oxygen atoms in total. The van der Waals surface area contributed by atoms with Gasteiger partial charge in [0.15, 0.2) is 5.78 Å². The SMILES string of the molecule is CCC(=O)c1ccccc1.Cc1ccc(C=O)cc1. The van der Waals surface area contributed by atoms with Crippen LogP contribution in [0.25, 0.3) is 0 Å². The molecule has 98 valence electrons. The van der Waals surface area contributed by atoms with Crippen LogP contribution in [0, 0.1) is 6.92 Å². The lowest BCUT2D eigenvalue weighted by molar-refractivity contribution is 0.0987. The number of carbonyl (C=O) groups is 2. The summed E-state index contributed by atoms with van der Waals surface area (Å²) in [5.74, 6) is 0.209. The van der Waals surface area contributed by atoms with Gasteiger partial charge in [0.2, 0.25) is 0 Å². The monoisotopic (exact) mass is 254 g/mol. The minimum atomic E-state index is 0.209. The molecule has 0 aliphatic heterocycles. The van der Waals surface area contributed by atoms with E-state index in [1.807, 2.05) is 68.4 Å². The normalized spacial score (nSPS) is 9.16. The molecule has 0 bridgehead atoms. The second-order valence-corrected chi connectivity index (χ2v) is 4.17. The van der Waals surface area contributed by atoms with Crippen molar-refractivity contribution in [3.8, 4) is 0 Å². The maximum absolute atomic E-state index is 11.0. The van der Waals surface area contributed by atoms with Crippen molar-refractivity contribution in [2.75, 3.05) is 0 Å². The summed E-state index contributed by atoms with van der Waals surface area (Å²) in [5.41, 5.74) is 2.73. The van der Waals surface area contributed by atoms with Gasteiger partial charge < -0.3 is 0 Å². The first-order chi connectivity index (χ1) is 9.17. The van der Waals surface area contributed by atoms with Crippen molar-refractivity contribution in [3.63, 3.8) is 0 Å². The minimum Gasteiger partial charge on any atom is -0.298 e. The molecule has 2 aromatic rings. The van der Waals surface area contributed by atoms with Crippen molar-refractivity contribution in [1.29, 1.82) is 0 Å². The van der Waals surface area contributed by atoms with Crippen LogP contribution in [-0.4, -0.2) is 12.1 Å². The molecule has 0 saturated carbocycles. The zero-order valence-corrected chi connectivity index (χ0v) is 11.3. The van der Waals surface area contributed by atoms with Gasteiger partial charge >= 0.3 is 0 Å². The molecule has 0 amide bonds. The molecule has 0 fully saturated rings. The highest BCUT2D eigenvalue weighted by atomic mass is 16.1. The van der Waals surface area contributed by atoms with Gasteiger partial charge in [0, 0.05) is 17.5 Å². The average molecular weight is 254 g/mol. The van der Waals surface area contributed by atoms with Gasteiger partial charge in [-0.2, -0.15) is 0 Å². The van der Waals surface area contributed by atoms with Gasteiger partial charge in [0.25, 0.3) is 0 Å². The fourth-order valence-electron chi connectivity index (χ4n) is 1.47. The van der Waals surface area contributed by atoms with E-state index < -0.39 is 0 Å². The molecule has 0 atom stereocenters.